The van der Waals surface area contributed by atoms with Crippen LogP contribution in [0.5, 0.6) is 0 Å². The summed E-state index contributed by atoms with van der Waals surface area (Å²) in [4.78, 5) is 12.4. The quantitative estimate of drug-likeness (QED) is 0.698. The van der Waals surface area contributed by atoms with Crippen molar-refractivity contribution in [3.63, 3.8) is 0 Å². The van der Waals surface area contributed by atoms with Crippen LogP contribution in [0.3, 0.4) is 0 Å². The van der Waals surface area contributed by atoms with Crippen LogP contribution in [0.25, 0.3) is 0 Å². The number of hydrogen-bond acceptors (Lipinski definition) is 3. The average Bonchev–Trinajstić information content (AvgIpc) is 2.59. The van der Waals surface area contributed by atoms with Crippen molar-refractivity contribution >= 4 is 21.6 Å². The molecule has 0 fully saturated rings. The third-order valence-corrected chi connectivity index (χ3v) is 5.25. The second kappa shape index (κ2) is 8.94. The highest BCUT2D eigenvalue weighted by Crippen LogP contribution is 2.21. The smallest absolute Gasteiger partial charge is 0.243 e. The predicted molar refractivity (Wildman–Crippen MR) is 101 cm³/mol. The van der Waals surface area contributed by atoms with Gasteiger partial charge in [0.2, 0.25) is 15.9 Å². The van der Waals surface area contributed by atoms with Gasteiger partial charge in [0.1, 0.15) is 17.7 Å². The minimum Gasteiger partial charge on any atom is -0.354 e. The van der Waals surface area contributed by atoms with E-state index in [4.69, 9.17) is 0 Å². The predicted octanol–water partition coefficient (Wildman–Crippen LogP) is 2.87. The Kier molecular flexibility index (Phi) is 6.90. The van der Waals surface area contributed by atoms with Gasteiger partial charge >= 0.3 is 0 Å². The first-order valence-electron chi connectivity index (χ1n) is 8.45. The van der Waals surface area contributed by atoms with Gasteiger partial charge in [0.15, 0.2) is 0 Å². The molecule has 1 unspecified atom stereocenters. The normalized spacial score (nSPS) is 12.4. The topological polar surface area (TPSA) is 66.5 Å². The highest BCUT2D eigenvalue weighted by molar-refractivity contribution is 7.92. The van der Waals surface area contributed by atoms with E-state index in [-0.39, 0.29) is 11.5 Å². The molecule has 0 saturated carbocycles. The molecule has 5 nitrogen and oxygen atoms in total. The van der Waals surface area contributed by atoms with Crippen molar-refractivity contribution in [2.45, 2.75) is 25.8 Å². The molecule has 2 rings (SSSR count). The molecule has 1 N–H and O–H groups in total. The Labute approximate surface area is 158 Å². The number of hydrogen-bond donors (Lipinski definition) is 1. The number of aryl methyl sites for hydroxylation is 1. The number of sulfonamides is 1. The van der Waals surface area contributed by atoms with Crippen molar-refractivity contribution in [1.29, 1.82) is 0 Å². The zero-order valence-corrected chi connectivity index (χ0v) is 16.0. The first-order valence-corrected chi connectivity index (χ1v) is 10.3. The van der Waals surface area contributed by atoms with Crippen LogP contribution in [-0.4, -0.2) is 33.2 Å². The van der Waals surface area contributed by atoms with E-state index in [1.54, 1.807) is 12.1 Å². The van der Waals surface area contributed by atoms with Gasteiger partial charge in [-0.05, 0) is 55.7 Å². The standard InChI is InChI=1S/C19H22F2N2O3S/c1-14(23(27(2,25)26)18-7-3-6-17(21)13-18)19(24)22-12-4-5-15-8-10-16(20)11-9-15/h3,6-11,13-14H,4-5,12H2,1-2H3,(H,22,24). The summed E-state index contributed by atoms with van der Waals surface area (Å²) >= 11 is 0. The third kappa shape index (κ3) is 6.02. The van der Waals surface area contributed by atoms with Crippen molar-refractivity contribution < 1.29 is 22.0 Å². The Hall–Kier alpha value is -2.48. The zero-order chi connectivity index (χ0) is 20.0. The van der Waals surface area contributed by atoms with E-state index < -0.39 is 27.8 Å². The summed E-state index contributed by atoms with van der Waals surface area (Å²) < 4.78 is 51.5. The van der Waals surface area contributed by atoms with Gasteiger partial charge < -0.3 is 5.32 Å². The molecule has 0 aliphatic rings. The van der Waals surface area contributed by atoms with Crippen molar-refractivity contribution in [2.75, 3.05) is 17.1 Å². The van der Waals surface area contributed by atoms with E-state index in [1.165, 1.54) is 37.3 Å². The second-order valence-electron chi connectivity index (χ2n) is 6.24. The Bertz CT molecular complexity index is 886. The maximum absolute atomic E-state index is 13.5. The SMILES string of the molecule is CC(C(=O)NCCCc1ccc(F)cc1)N(c1cccc(F)c1)S(C)(=O)=O. The number of halogens is 2. The highest BCUT2D eigenvalue weighted by atomic mass is 32.2. The number of anilines is 1. The molecule has 0 saturated heterocycles. The lowest BCUT2D eigenvalue weighted by atomic mass is 10.1. The average molecular weight is 396 g/mol. The molecular weight excluding hydrogens is 374 g/mol. The summed E-state index contributed by atoms with van der Waals surface area (Å²) in [6.07, 6.45) is 2.23. The molecule has 1 amide bonds. The Morgan fingerprint density at radius 2 is 1.78 bits per heavy atom. The first kappa shape index (κ1) is 20.8. The Morgan fingerprint density at radius 1 is 1.11 bits per heavy atom. The van der Waals surface area contributed by atoms with Crippen LogP contribution in [0, 0.1) is 11.6 Å². The van der Waals surface area contributed by atoms with E-state index in [0.717, 1.165) is 22.2 Å². The van der Waals surface area contributed by atoms with Crippen LogP contribution in [0.1, 0.15) is 18.9 Å². The van der Waals surface area contributed by atoms with Gasteiger partial charge in [-0.3, -0.25) is 9.10 Å². The highest BCUT2D eigenvalue weighted by Gasteiger charge is 2.29. The molecule has 27 heavy (non-hydrogen) atoms. The number of carbonyl (C=O) groups is 1. The van der Waals surface area contributed by atoms with Gasteiger partial charge in [-0.1, -0.05) is 18.2 Å². The van der Waals surface area contributed by atoms with Gasteiger partial charge in [-0.2, -0.15) is 0 Å². The number of amides is 1. The maximum atomic E-state index is 13.5. The van der Waals surface area contributed by atoms with E-state index in [1.807, 2.05) is 0 Å². The molecule has 0 radical (unpaired) electrons. The van der Waals surface area contributed by atoms with E-state index in [9.17, 15) is 22.0 Å². The lowest BCUT2D eigenvalue weighted by Gasteiger charge is -2.28. The summed E-state index contributed by atoms with van der Waals surface area (Å²) in [5.74, 6) is -1.38. The minimum atomic E-state index is -3.79. The third-order valence-electron chi connectivity index (χ3n) is 4.01. The lowest BCUT2D eigenvalue weighted by molar-refractivity contribution is -0.121. The number of nitrogens with one attached hydrogen (secondary N) is 1. The van der Waals surface area contributed by atoms with E-state index >= 15 is 0 Å². The van der Waals surface area contributed by atoms with Crippen molar-refractivity contribution in [1.82, 2.24) is 5.32 Å². The van der Waals surface area contributed by atoms with Crippen molar-refractivity contribution in [3.05, 3.63) is 65.7 Å². The summed E-state index contributed by atoms with van der Waals surface area (Å²) in [7, 11) is -3.79. The molecule has 1 atom stereocenters. The van der Waals surface area contributed by atoms with Crippen LogP contribution < -0.4 is 9.62 Å². The van der Waals surface area contributed by atoms with Gasteiger partial charge in [-0.25, -0.2) is 17.2 Å². The Morgan fingerprint density at radius 3 is 2.37 bits per heavy atom. The summed E-state index contributed by atoms with van der Waals surface area (Å²) in [6.45, 7) is 1.78. The molecule has 0 aromatic heterocycles. The van der Waals surface area contributed by atoms with Crippen LogP contribution in [-0.2, 0) is 21.2 Å². The zero-order valence-electron chi connectivity index (χ0n) is 15.2. The monoisotopic (exact) mass is 396 g/mol. The molecular formula is C19H22F2N2O3S. The van der Waals surface area contributed by atoms with Gasteiger partial charge in [0, 0.05) is 6.54 Å². The fraction of sp³-hybridized carbons (Fsp3) is 0.316. The molecule has 8 heteroatoms. The number of rotatable bonds is 8. The van der Waals surface area contributed by atoms with Crippen molar-refractivity contribution in [3.8, 4) is 0 Å². The largest absolute Gasteiger partial charge is 0.354 e. The first-order chi connectivity index (χ1) is 12.7. The molecule has 0 bridgehead atoms. The molecule has 0 aliphatic carbocycles. The fourth-order valence-electron chi connectivity index (χ4n) is 2.72. The maximum Gasteiger partial charge on any atom is 0.243 e. The fourth-order valence-corrected chi connectivity index (χ4v) is 3.89. The Balaban J connectivity index is 1.97. The summed E-state index contributed by atoms with van der Waals surface area (Å²) in [5, 5.41) is 2.69. The summed E-state index contributed by atoms with van der Waals surface area (Å²) in [5.41, 5.74) is 1.03. The summed E-state index contributed by atoms with van der Waals surface area (Å²) in [6, 6.07) is 10.2. The van der Waals surface area contributed by atoms with Gasteiger partial charge in [0.25, 0.3) is 0 Å². The van der Waals surface area contributed by atoms with E-state index in [2.05, 4.69) is 5.32 Å². The molecule has 2 aromatic rings. The molecule has 2 aromatic carbocycles. The lowest BCUT2D eigenvalue weighted by Crippen LogP contribution is -2.48. The molecule has 0 heterocycles. The molecule has 0 spiro atoms. The molecule has 0 aliphatic heterocycles. The van der Waals surface area contributed by atoms with E-state index in [0.29, 0.717) is 19.4 Å². The number of carbonyl (C=O) groups excluding carboxylic acids is 1. The molecule has 146 valence electrons. The van der Waals surface area contributed by atoms with Gasteiger partial charge in [0.05, 0.1) is 11.9 Å². The minimum absolute atomic E-state index is 0.0893. The van der Waals surface area contributed by atoms with Crippen molar-refractivity contribution in [2.24, 2.45) is 0 Å². The van der Waals surface area contributed by atoms with Crippen LogP contribution in [0.2, 0.25) is 0 Å². The van der Waals surface area contributed by atoms with Crippen LogP contribution in [0.15, 0.2) is 48.5 Å². The van der Waals surface area contributed by atoms with Gasteiger partial charge in [-0.15, -0.1) is 0 Å². The van der Waals surface area contributed by atoms with Crippen LogP contribution in [0.4, 0.5) is 14.5 Å². The number of benzene rings is 2. The van der Waals surface area contributed by atoms with Crippen LogP contribution >= 0.6 is 0 Å². The number of nitrogens with zero attached hydrogens (tertiary/aromatic N) is 1. The second-order valence-corrected chi connectivity index (χ2v) is 8.10.